The summed E-state index contributed by atoms with van der Waals surface area (Å²) in [4.78, 5) is 46.1. The maximum atomic E-state index is 14.7. The summed E-state index contributed by atoms with van der Waals surface area (Å²) in [6.45, 7) is 6.91. The number of nitrogens with zero attached hydrogens (tertiary/aromatic N) is 7. The van der Waals surface area contributed by atoms with Crippen LogP contribution in [0, 0.1) is 17.5 Å². The van der Waals surface area contributed by atoms with Gasteiger partial charge in [-0.3, -0.25) is 9.69 Å². The number of aliphatic hydroxyl groups excluding tert-OH is 5. The number of aliphatic hydroxyl groups is 5. The highest BCUT2D eigenvalue weighted by Gasteiger charge is 2.42. The fourth-order valence-corrected chi connectivity index (χ4v) is 7.39. The van der Waals surface area contributed by atoms with E-state index in [4.69, 9.17) is 24.1 Å². The van der Waals surface area contributed by atoms with E-state index >= 15 is 0 Å². The lowest BCUT2D eigenvalue weighted by molar-refractivity contribution is -0.148. The summed E-state index contributed by atoms with van der Waals surface area (Å²) in [7, 11) is 0. The molecule has 1 aliphatic heterocycles. The van der Waals surface area contributed by atoms with E-state index in [0.29, 0.717) is 24.4 Å². The number of alkyl carbamates (subject to hydrolysis) is 1. The van der Waals surface area contributed by atoms with E-state index in [9.17, 15) is 61.2 Å². The zero-order valence-corrected chi connectivity index (χ0v) is 39.7. The van der Waals surface area contributed by atoms with Crippen LogP contribution in [0.15, 0.2) is 18.3 Å². The Morgan fingerprint density at radius 1 is 0.929 bits per heavy atom. The zero-order chi connectivity index (χ0) is 51.9. The molecule has 2 amide bonds. The molecule has 0 radical (unpaired) electrons. The minimum Gasteiger partial charge on any atom is -0.444 e. The number of nitrogens with one attached hydrogen (secondary N) is 1. The fourth-order valence-electron chi connectivity index (χ4n) is 7.39. The first-order valence-electron chi connectivity index (χ1n) is 22.8. The topological polar surface area (TPSA) is 256 Å². The smallest absolute Gasteiger partial charge is 0.444 e. The largest absolute Gasteiger partial charge is 0.449 e. The number of amides is 2. The molecule has 1 aliphatic rings. The molecule has 0 spiro atoms. The van der Waals surface area contributed by atoms with E-state index in [0.717, 1.165) is 35.2 Å². The lowest BCUT2D eigenvalue weighted by Crippen LogP contribution is -2.49. The summed E-state index contributed by atoms with van der Waals surface area (Å²) in [6, 6.07) is -0.376. The van der Waals surface area contributed by atoms with E-state index in [1.54, 1.807) is 27.0 Å². The third kappa shape index (κ3) is 17.7. The molecule has 4 rings (SSSR count). The number of carbonyl (C=O) groups excluding carboxylic acids is 3. The Bertz CT molecular complexity index is 2160. The third-order valence-corrected chi connectivity index (χ3v) is 10.9. The highest BCUT2D eigenvalue weighted by molar-refractivity contribution is 5.89. The predicted octanol–water partition coefficient (Wildman–Crippen LogP) is 2.83. The van der Waals surface area contributed by atoms with Crippen molar-refractivity contribution in [3.8, 4) is 0 Å². The number of ether oxygens (including phenoxy) is 4. The number of aromatic nitrogens is 5. The van der Waals surface area contributed by atoms with Crippen molar-refractivity contribution in [3.63, 3.8) is 0 Å². The molecule has 0 bridgehead atoms. The molecule has 2 aromatic heterocycles. The van der Waals surface area contributed by atoms with E-state index in [2.05, 4.69) is 27.5 Å². The van der Waals surface area contributed by atoms with Crippen LogP contribution in [0.2, 0.25) is 0 Å². The number of fused-ring (bicyclic) bond motifs is 1. The molecule has 6 N–H and O–H groups in total. The van der Waals surface area contributed by atoms with Crippen molar-refractivity contribution in [2.24, 2.45) is 0 Å². The van der Waals surface area contributed by atoms with Crippen LogP contribution in [-0.2, 0) is 62.5 Å². The number of hydrogen-bond donors (Lipinski definition) is 6. The van der Waals surface area contributed by atoms with E-state index in [1.165, 1.54) is 11.6 Å². The molecule has 6 atom stereocenters. The van der Waals surface area contributed by atoms with Crippen LogP contribution in [-0.4, -0.2) is 166 Å². The van der Waals surface area contributed by atoms with Crippen LogP contribution in [0.25, 0.3) is 0 Å². The van der Waals surface area contributed by atoms with E-state index in [1.807, 2.05) is 4.90 Å². The quantitative estimate of drug-likeness (QED) is 0.0211. The Labute approximate surface area is 400 Å². The van der Waals surface area contributed by atoms with Gasteiger partial charge in [-0.1, -0.05) is 31.4 Å². The molecule has 0 aliphatic carbocycles. The molecular weight excluding hydrogens is 947 g/mol. The standard InChI is InChI=1S/C44H64F6N8O12/c1-6-7-8-9-10-55(24-34(60)38(63)39(64)35(61)25-59)21-29-22-57(54-53-29)13-14-67-15-16-68-26(2)69-40(65)37-33-23-56(11-12-58(33)41(52-37)44(48,49)50)36(62)19-28(51-42(66)70-43(3,4)5)17-27-18-31(46)32(47)20-30(27)45/h18,20,22,26,28,34-35,38-39,59-61,63-64H,6-17,19,21,23-25H2,1-5H3,(H,51,66)/t26?,28-,34?,35?,38?,39?/m1/s1. The number of halogens is 6. The summed E-state index contributed by atoms with van der Waals surface area (Å²) in [5.74, 6) is -7.44. The van der Waals surface area contributed by atoms with Gasteiger partial charge in [0.15, 0.2) is 17.3 Å². The lowest BCUT2D eigenvalue weighted by Gasteiger charge is -2.31. The number of unbranched alkanes of at least 4 members (excludes halogenated alkanes) is 3. The van der Waals surface area contributed by atoms with Gasteiger partial charge in [0.2, 0.25) is 18.0 Å². The highest BCUT2D eigenvalue weighted by atomic mass is 19.4. The van der Waals surface area contributed by atoms with Crippen molar-refractivity contribution in [1.29, 1.82) is 0 Å². The first-order chi connectivity index (χ1) is 32.9. The van der Waals surface area contributed by atoms with E-state index < -0.39 is 128 Å². The van der Waals surface area contributed by atoms with Crippen LogP contribution in [0.5, 0.6) is 0 Å². The number of hydrogen-bond acceptors (Lipinski definition) is 16. The van der Waals surface area contributed by atoms with Crippen LogP contribution < -0.4 is 5.32 Å². The number of rotatable bonds is 27. The summed E-state index contributed by atoms with van der Waals surface area (Å²) in [5.41, 5.74) is -1.88. The fraction of sp³-hybridized carbons (Fsp3) is 0.682. The summed E-state index contributed by atoms with van der Waals surface area (Å²) in [6.07, 6.45) is -9.61. The van der Waals surface area contributed by atoms with Crippen molar-refractivity contribution >= 4 is 18.0 Å². The van der Waals surface area contributed by atoms with Crippen molar-refractivity contribution in [3.05, 3.63) is 64.3 Å². The van der Waals surface area contributed by atoms with Crippen LogP contribution in [0.4, 0.5) is 31.1 Å². The first-order valence-corrected chi connectivity index (χ1v) is 22.8. The van der Waals surface area contributed by atoms with Crippen molar-refractivity contribution in [2.45, 2.75) is 148 Å². The third-order valence-electron chi connectivity index (χ3n) is 10.9. The molecular formula is C44H64F6N8O12. The summed E-state index contributed by atoms with van der Waals surface area (Å²) < 4.78 is 109. The lowest BCUT2D eigenvalue weighted by atomic mass is 10.0. The normalized spacial score (nSPS) is 15.8. The zero-order valence-electron chi connectivity index (χ0n) is 39.7. The molecule has 70 heavy (non-hydrogen) atoms. The van der Waals surface area contributed by atoms with Gasteiger partial charge >= 0.3 is 18.2 Å². The number of esters is 1. The molecule has 26 heteroatoms. The molecule has 394 valence electrons. The Hall–Kier alpha value is -4.96. The molecule has 3 heterocycles. The van der Waals surface area contributed by atoms with Crippen LogP contribution in [0.3, 0.4) is 0 Å². The number of alkyl halides is 3. The molecule has 0 fully saturated rings. The maximum absolute atomic E-state index is 14.7. The molecule has 1 aromatic carbocycles. The molecule has 0 saturated carbocycles. The van der Waals surface area contributed by atoms with Gasteiger partial charge in [0, 0.05) is 50.9 Å². The predicted molar refractivity (Wildman–Crippen MR) is 233 cm³/mol. The highest BCUT2D eigenvalue weighted by Crippen LogP contribution is 2.33. The average molecular weight is 1010 g/mol. The Morgan fingerprint density at radius 3 is 2.30 bits per heavy atom. The summed E-state index contributed by atoms with van der Waals surface area (Å²) in [5, 5.41) is 60.4. The number of carbonyl (C=O) groups is 3. The molecule has 5 unspecified atom stereocenters. The van der Waals surface area contributed by atoms with Gasteiger partial charge in [0.05, 0.1) is 57.0 Å². The summed E-state index contributed by atoms with van der Waals surface area (Å²) >= 11 is 0. The van der Waals surface area contributed by atoms with Gasteiger partial charge in [0.25, 0.3) is 0 Å². The van der Waals surface area contributed by atoms with Crippen LogP contribution in [0.1, 0.15) is 100.0 Å². The minimum absolute atomic E-state index is 0.00623. The van der Waals surface area contributed by atoms with Gasteiger partial charge in [-0.25, -0.2) is 32.4 Å². The Balaban J connectivity index is 1.31. The molecule has 0 saturated heterocycles. The minimum atomic E-state index is -5.01. The van der Waals surface area contributed by atoms with E-state index in [-0.39, 0.29) is 57.3 Å². The second-order valence-electron chi connectivity index (χ2n) is 17.8. The van der Waals surface area contributed by atoms with Crippen LogP contribution >= 0.6 is 0 Å². The van der Waals surface area contributed by atoms with Gasteiger partial charge in [-0.15, -0.1) is 5.10 Å². The van der Waals surface area contributed by atoms with Crippen molar-refractivity contribution in [2.75, 3.05) is 46.1 Å². The molecule has 20 nitrogen and oxygen atoms in total. The molecule has 3 aromatic rings. The number of imidazole rings is 1. The second kappa shape index (κ2) is 26.5. The second-order valence-corrected chi connectivity index (χ2v) is 17.8. The Kier molecular flexibility index (Phi) is 21.8. The van der Waals surface area contributed by atoms with Crippen molar-refractivity contribution < 1.29 is 85.2 Å². The number of benzene rings is 1. The van der Waals surface area contributed by atoms with Gasteiger partial charge < -0.3 is 59.3 Å². The SMILES string of the molecule is CCCCCCN(Cc1cn(CCOCCOC(C)OC(=O)c2nc(C(F)(F)F)n3c2CN(C(=O)C[C@@H](Cc2cc(F)c(F)cc2F)NC(=O)OC(C)(C)C)CC3)nn1)CC(O)C(O)C(O)C(O)CO. The average Bonchev–Trinajstić information content (AvgIpc) is 3.91. The monoisotopic (exact) mass is 1010 g/mol. The van der Waals surface area contributed by atoms with Gasteiger partial charge in [-0.2, -0.15) is 13.2 Å². The van der Waals surface area contributed by atoms with Gasteiger partial charge in [-0.05, 0) is 58.7 Å². The maximum Gasteiger partial charge on any atom is 0.449 e. The van der Waals surface area contributed by atoms with Crippen molar-refractivity contribution in [1.82, 2.24) is 39.7 Å². The van der Waals surface area contributed by atoms with Gasteiger partial charge in [0.1, 0.15) is 29.7 Å². The Morgan fingerprint density at radius 2 is 1.63 bits per heavy atom. The first kappa shape index (κ1) is 57.6.